The second-order valence-corrected chi connectivity index (χ2v) is 6.79. The van der Waals surface area contributed by atoms with Crippen LogP contribution >= 0.6 is 0 Å². The van der Waals surface area contributed by atoms with Gasteiger partial charge in [-0.3, -0.25) is 14.9 Å². The fraction of sp³-hybridized carbons (Fsp3) is 0.611. The molecule has 0 unspecified atom stereocenters. The van der Waals surface area contributed by atoms with Crippen LogP contribution in [0.5, 0.6) is 5.75 Å². The van der Waals surface area contributed by atoms with Crippen LogP contribution in [0.4, 0.5) is 5.69 Å². The first-order chi connectivity index (χ1) is 12.6. The largest absolute Gasteiger partial charge is 0.490 e. The highest BCUT2D eigenvalue weighted by atomic mass is 16.6. The van der Waals surface area contributed by atoms with Gasteiger partial charge in [0.05, 0.1) is 4.92 Å². The zero-order valence-corrected chi connectivity index (χ0v) is 14.9. The highest BCUT2D eigenvalue weighted by Gasteiger charge is 2.22. The molecule has 0 atom stereocenters. The molecular weight excluding hydrogens is 336 g/mol. The molecule has 2 aliphatic heterocycles. The number of benzene rings is 1. The lowest BCUT2D eigenvalue weighted by atomic mass is 10.1. The number of nitro benzene ring substituents is 1. The number of non-ortho nitro benzene ring substituents is 1. The number of nitrogens with one attached hydrogen (secondary N) is 1. The molecule has 0 aliphatic carbocycles. The predicted molar refractivity (Wildman–Crippen MR) is 97.3 cm³/mol. The number of piperidine rings is 1. The summed E-state index contributed by atoms with van der Waals surface area (Å²) in [7, 11) is 0. The maximum atomic E-state index is 12.2. The van der Waals surface area contributed by atoms with Crippen molar-refractivity contribution in [2.75, 3.05) is 45.8 Å². The molecule has 0 spiro atoms. The summed E-state index contributed by atoms with van der Waals surface area (Å²) in [6.07, 6.45) is 2.50. The van der Waals surface area contributed by atoms with E-state index in [1.807, 2.05) is 4.90 Å². The number of hydrogen-bond donors (Lipinski definition) is 1. The lowest BCUT2D eigenvalue weighted by Gasteiger charge is -2.33. The number of amides is 1. The van der Waals surface area contributed by atoms with Gasteiger partial charge in [-0.1, -0.05) is 0 Å². The van der Waals surface area contributed by atoms with E-state index in [2.05, 4.69) is 10.2 Å². The van der Waals surface area contributed by atoms with Gasteiger partial charge in [0.15, 0.2) is 0 Å². The first-order valence-corrected chi connectivity index (χ1v) is 9.24. The Labute approximate surface area is 153 Å². The Balaban J connectivity index is 1.37. The fourth-order valence-electron chi connectivity index (χ4n) is 3.42. The van der Waals surface area contributed by atoms with Crippen molar-refractivity contribution >= 4 is 11.6 Å². The molecule has 26 heavy (non-hydrogen) atoms. The van der Waals surface area contributed by atoms with Crippen LogP contribution in [0.1, 0.15) is 19.3 Å². The van der Waals surface area contributed by atoms with Crippen LogP contribution in [0, 0.1) is 10.1 Å². The van der Waals surface area contributed by atoms with Crippen LogP contribution in [-0.2, 0) is 4.79 Å². The molecule has 0 aromatic heterocycles. The first-order valence-electron chi connectivity index (χ1n) is 9.24. The normalized spacial score (nSPS) is 19.3. The number of carbonyl (C=O) groups excluding carboxylic acids is 1. The Morgan fingerprint density at radius 1 is 1.15 bits per heavy atom. The Hall–Kier alpha value is -2.19. The quantitative estimate of drug-likeness (QED) is 0.605. The van der Waals surface area contributed by atoms with E-state index in [1.165, 1.54) is 12.1 Å². The second kappa shape index (κ2) is 8.95. The lowest BCUT2D eigenvalue weighted by Crippen LogP contribution is -2.47. The van der Waals surface area contributed by atoms with Gasteiger partial charge in [-0.25, -0.2) is 0 Å². The third kappa shape index (κ3) is 5.15. The van der Waals surface area contributed by atoms with Gasteiger partial charge < -0.3 is 19.9 Å². The van der Waals surface area contributed by atoms with E-state index in [0.717, 1.165) is 58.7 Å². The summed E-state index contributed by atoms with van der Waals surface area (Å²) in [6.45, 7) is 6.01. The summed E-state index contributed by atoms with van der Waals surface area (Å²) in [5, 5.41) is 13.9. The van der Waals surface area contributed by atoms with Crippen molar-refractivity contribution < 1.29 is 14.5 Å². The molecule has 8 nitrogen and oxygen atoms in total. The molecule has 0 radical (unpaired) electrons. The number of likely N-dealkylation sites (tertiary alicyclic amines) is 1. The maximum absolute atomic E-state index is 12.2. The third-order valence-electron chi connectivity index (χ3n) is 5.00. The van der Waals surface area contributed by atoms with E-state index < -0.39 is 4.92 Å². The van der Waals surface area contributed by atoms with E-state index in [-0.39, 0.29) is 17.7 Å². The zero-order chi connectivity index (χ0) is 18.4. The van der Waals surface area contributed by atoms with Crippen LogP contribution in [0.3, 0.4) is 0 Å². The average Bonchev–Trinajstić information content (AvgIpc) is 2.68. The SMILES string of the molecule is O=C(CCN1CCC(Oc2ccc([N+](=O)[O-])cc2)CC1)N1CCNCC1. The molecule has 8 heteroatoms. The van der Waals surface area contributed by atoms with E-state index >= 15 is 0 Å². The molecule has 2 aliphatic rings. The maximum Gasteiger partial charge on any atom is 0.269 e. The standard InChI is InChI=1S/C18H26N4O4/c23-18(21-13-8-19-9-14-21)7-12-20-10-5-17(6-11-20)26-16-3-1-15(2-4-16)22(24)25/h1-4,17,19H,5-14H2. The van der Waals surface area contributed by atoms with E-state index in [4.69, 9.17) is 4.74 Å². The van der Waals surface area contributed by atoms with Crippen molar-refractivity contribution in [2.24, 2.45) is 0 Å². The minimum Gasteiger partial charge on any atom is -0.490 e. The molecule has 142 valence electrons. The first kappa shape index (κ1) is 18.6. The summed E-state index contributed by atoms with van der Waals surface area (Å²) >= 11 is 0. The van der Waals surface area contributed by atoms with Crippen molar-refractivity contribution in [1.82, 2.24) is 15.1 Å². The molecule has 1 aromatic carbocycles. The molecule has 0 saturated carbocycles. The smallest absolute Gasteiger partial charge is 0.269 e. The van der Waals surface area contributed by atoms with Crippen LogP contribution in [-0.4, -0.2) is 72.5 Å². The lowest BCUT2D eigenvalue weighted by molar-refractivity contribution is -0.384. The fourth-order valence-corrected chi connectivity index (χ4v) is 3.42. The highest BCUT2D eigenvalue weighted by Crippen LogP contribution is 2.22. The van der Waals surface area contributed by atoms with E-state index in [0.29, 0.717) is 12.2 Å². The molecule has 1 amide bonds. The molecule has 2 heterocycles. The van der Waals surface area contributed by atoms with Crippen molar-refractivity contribution in [1.29, 1.82) is 0 Å². The molecule has 2 fully saturated rings. The van der Waals surface area contributed by atoms with E-state index in [9.17, 15) is 14.9 Å². The minimum absolute atomic E-state index is 0.0707. The highest BCUT2D eigenvalue weighted by molar-refractivity contribution is 5.76. The van der Waals surface area contributed by atoms with E-state index in [1.54, 1.807) is 12.1 Å². The summed E-state index contributed by atoms with van der Waals surface area (Å²) < 4.78 is 5.93. The number of rotatable bonds is 6. The van der Waals surface area contributed by atoms with Crippen molar-refractivity contribution in [3.05, 3.63) is 34.4 Å². The molecular formula is C18H26N4O4. The van der Waals surface area contributed by atoms with Gasteiger partial charge in [0.25, 0.3) is 5.69 Å². The molecule has 2 saturated heterocycles. The van der Waals surface area contributed by atoms with Crippen LogP contribution in [0.25, 0.3) is 0 Å². The van der Waals surface area contributed by atoms with Gasteiger partial charge in [-0.2, -0.15) is 0 Å². The molecule has 1 aromatic rings. The Bertz CT molecular complexity index is 608. The zero-order valence-electron chi connectivity index (χ0n) is 14.9. The van der Waals surface area contributed by atoms with Gasteiger partial charge >= 0.3 is 0 Å². The summed E-state index contributed by atoms with van der Waals surface area (Å²) in [4.78, 5) is 26.7. The van der Waals surface area contributed by atoms with Crippen LogP contribution in [0.15, 0.2) is 24.3 Å². The number of nitro groups is 1. The number of ether oxygens (including phenoxy) is 1. The van der Waals surface area contributed by atoms with Crippen molar-refractivity contribution in [3.63, 3.8) is 0 Å². The van der Waals surface area contributed by atoms with Crippen molar-refractivity contribution in [3.8, 4) is 5.75 Å². The van der Waals surface area contributed by atoms with Crippen molar-refractivity contribution in [2.45, 2.75) is 25.4 Å². The molecule has 1 N–H and O–H groups in total. The topological polar surface area (TPSA) is 88.0 Å². The van der Waals surface area contributed by atoms with Gasteiger partial charge in [0.1, 0.15) is 11.9 Å². The number of hydrogen-bond acceptors (Lipinski definition) is 6. The molecule has 3 rings (SSSR count). The van der Waals surface area contributed by atoms with Gasteiger partial charge in [0, 0.05) is 64.4 Å². The number of carbonyl (C=O) groups is 1. The Morgan fingerprint density at radius 2 is 1.81 bits per heavy atom. The van der Waals surface area contributed by atoms with Gasteiger partial charge in [-0.15, -0.1) is 0 Å². The monoisotopic (exact) mass is 362 g/mol. The second-order valence-electron chi connectivity index (χ2n) is 6.79. The third-order valence-corrected chi connectivity index (χ3v) is 5.00. The number of nitrogens with zero attached hydrogens (tertiary/aromatic N) is 3. The van der Waals surface area contributed by atoms with Gasteiger partial charge in [0.2, 0.25) is 5.91 Å². The summed E-state index contributed by atoms with van der Waals surface area (Å²) in [6, 6.07) is 6.23. The summed E-state index contributed by atoms with van der Waals surface area (Å²) in [5.74, 6) is 0.915. The van der Waals surface area contributed by atoms with Crippen LogP contribution < -0.4 is 10.1 Å². The summed E-state index contributed by atoms with van der Waals surface area (Å²) in [5.41, 5.74) is 0.0707. The molecule has 0 bridgehead atoms. The predicted octanol–water partition coefficient (Wildman–Crippen LogP) is 1.26. The minimum atomic E-state index is -0.413. The van der Waals surface area contributed by atoms with Gasteiger partial charge in [-0.05, 0) is 25.0 Å². The average molecular weight is 362 g/mol. The van der Waals surface area contributed by atoms with Crippen LogP contribution in [0.2, 0.25) is 0 Å². The Kier molecular flexibility index (Phi) is 6.40. The Morgan fingerprint density at radius 3 is 2.42 bits per heavy atom. The number of piperazine rings is 1.